The number of aryl methyl sites for hydroxylation is 1. The van der Waals surface area contributed by atoms with Crippen molar-refractivity contribution in [2.24, 2.45) is 5.73 Å². The van der Waals surface area contributed by atoms with Gasteiger partial charge < -0.3 is 16.3 Å². The van der Waals surface area contributed by atoms with Crippen molar-refractivity contribution < 1.29 is 49.5 Å². The van der Waals surface area contributed by atoms with Crippen LogP contribution in [0.2, 0.25) is 0 Å². The number of phenols is 1. The summed E-state index contributed by atoms with van der Waals surface area (Å²) in [7, 11) is 0. The molecule has 0 aliphatic rings. The summed E-state index contributed by atoms with van der Waals surface area (Å²) < 4.78 is 0. The molecule has 4 aromatic heterocycles. The first-order chi connectivity index (χ1) is 25.1. The van der Waals surface area contributed by atoms with E-state index in [1.807, 2.05) is 86.6 Å². The van der Waals surface area contributed by atoms with Gasteiger partial charge >= 0.3 is 34.1 Å². The number of nitrogens with two attached hydrogens (primary N) is 1. The first-order valence-corrected chi connectivity index (χ1v) is 18.2. The molecule has 0 atom stereocenters. The van der Waals surface area contributed by atoms with Crippen molar-refractivity contribution in [3.8, 4) is 5.75 Å². The van der Waals surface area contributed by atoms with E-state index in [9.17, 15) is 9.90 Å². The summed E-state index contributed by atoms with van der Waals surface area (Å²) in [5, 5.41) is 11.9. The molecule has 5 aromatic rings. The quantitative estimate of drug-likeness (QED) is 0.0611. The van der Waals surface area contributed by atoms with Gasteiger partial charge in [0.1, 0.15) is 11.5 Å². The molecule has 0 aliphatic heterocycles. The molecule has 5 rings (SSSR count). The van der Waals surface area contributed by atoms with Crippen LogP contribution in [0.25, 0.3) is 0 Å². The van der Waals surface area contributed by atoms with E-state index in [0.717, 1.165) is 58.7 Å². The number of benzene rings is 1. The van der Waals surface area contributed by atoms with Crippen LogP contribution in [-0.4, -0.2) is 52.6 Å². The van der Waals surface area contributed by atoms with Crippen molar-refractivity contribution in [3.63, 3.8) is 0 Å². The second kappa shape index (κ2) is 29.5. The van der Waals surface area contributed by atoms with E-state index in [4.69, 9.17) is 5.73 Å². The Labute approximate surface area is 349 Å². The monoisotopic (exact) mass is 847 g/mol. The van der Waals surface area contributed by atoms with Gasteiger partial charge in [-0.2, -0.15) is 0 Å². The third-order valence-electron chi connectivity index (χ3n) is 8.41. The van der Waals surface area contributed by atoms with Crippen LogP contribution in [0.3, 0.4) is 0 Å². The molecule has 304 valence electrons. The minimum absolute atomic E-state index is 0. The van der Waals surface area contributed by atoms with E-state index in [1.165, 1.54) is 0 Å². The molecule has 10 nitrogen and oxygen atoms in total. The van der Waals surface area contributed by atoms with Crippen LogP contribution in [0.15, 0.2) is 110 Å². The van der Waals surface area contributed by atoms with Crippen LogP contribution in [0.1, 0.15) is 92.8 Å². The van der Waals surface area contributed by atoms with Crippen LogP contribution in [0.4, 0.5) is 0 Å². The first kappa shape index (κ1) is 51.2. The van der Waals surface area contributed by atoms with E-state index in [-0.39, 0.29) is 58.6 Å². The fourth-order valence-electron chi connectivity index (χ4n) is 5.97. The van der Waals surface area contributed by atoms with Gasteiger partial charge in [-0.25, -0.2) is 0 Å². The number of hydrogen-bond acceptors (Lipinski definition) is 9. The minimum atomic E-state index is 0. The van der Waals surface area contributed by atoms with Crippen LogP contribution >= 0.6 is 0 Å². The van der Waals surface area contributed by atoms with Crippen molar-refractivity contribution in [1.82, 2.24) is 29.7 Å². The molecule has 0 spiro atoms. The first-order valence-electron chi connectivity index (χ1n) is 18.2. The summed E-state index contributed by atoms with van der Waals surface area (Å²) in [6.45, 7) is 7.96. The topological polar surface area (TPSA) is 153 Å². The Balaban J connectivity index is 0.00000478. The third-order valence-corrected chi connectivity index (χ3v) is 8.41. The molecule has 0 aliphatic carbocycles. The Morgan fingerprint density at radius 2 is 0.982 bits per heavy atom. The second-order valence-corrected chi connectivity index (χ2v) is 12.5. The molecule has 0 saturated heterocycles. The summed E-state index contributed by atoms with van der Waals surface area (Å²) in [4.78, 5) is 35.7. The smallest absolute Gasteiger partial charge is 0.507 e. The van der Waals surface area contributed by atoms with Crippen LogP contribution in [-0.2, 0) is 84.6 Å². The van der Waals surface area contributed by atoms with Crippen LogP contribution in [0, 0.1) is 0 Å². The zero-order chi connectivity index (χ0) is 36.1. The van der Waals surface area contributed by atoms with E-state index in [1.54, 1.807) is 24.8 Å². The van der Waals surface area contributed by atoms with Gasteiger partial charge in [-0.1, -0.05) is 64.1 Å². The molecule has 0 fully saturated rings. The molecule has 4 heterocycles. The second-order valence-electron chi connectivity index (χ2n) is 12.5. The van der Waals surface area contributed by atoms with Gasteiger partial charge in [-0.15, -0.1) is 0 Å². The SMILES string of the molecule is C.CC.NCCCCCC(=O)CCc1cc(CN(Cc2ccccn2)Cc2ccccn2)c(O)c(CN(Cc2ccccn2)Cc2ccccn2)c1.O.[Cu+].[Cu+]. The number of pyridine rings is 4. The van der Waals surface area contributed by atoms with Gasteiger partial charge in [0.2, 0.25) is 0 Å². The number of aromatic hydroxyl groups is 1. The Bertz CT molecular complexity index is 1510. The van der Waals surface area contributed by atoms with Gasteiger partial charge in [-0.3, -0.25) is 34.5 Å². The van der Waals surface area contributed by atoms with Crippen molar-refractivity contribution in [1.29, 1.82) is 0 Å². The predicted molar refractivity (Wildman–Crippen MR) is 213 cm³/mol. The molecule has 5 N–H and O–H groups in total. The third kappa shape index (κ3) is 18.6. The molecule has 0 bridgehead atoms. The summed E-state index contributed by atoms with van der Waals surface area (Å²) >= 11 is 0. The fraction of sp³-hybridized carbons (Fsp3) is 0.372. The van der Waals surface area contributed by atoms with Gasteiger partial charge in [0.25, 0.3) is 0 Å². The number of nitrogens with zero attached hydrogens (tertiary/aromatic N) is 6. The number of Topliss-reactive ketones (excluding diaryl/α,β-unsaturated/α-hetero) is 1. The Morgan fingerprint density at radius 3 is 1.31 bits per heavy atom. The summed E-state index contributed by atoms with van der Waals surface area (Å²) in [5.41, 5.74) is 12.0. The van der Waals surface area contributed by atoms with E-state index < -0.39 is 0 Å². The number of ketones is 1. The maximum atomic E-state index is 12.9. The Hall–Kier alpha value is -3.83. The molecule has 0 amide bonds. The zero-order valence-corrected chi connectivity index (χ0v) is 33.2. The number of unbranched alkanes of at least 4 members (excludes halogenated alkanes) is 2. The zero-order valence-electron chi connectivity index (χ0n) is 31.3. The van der Waals surface area contributed by atoms with Crippen LogP contribution in [0.5, 0.6) is 5.75 Å². The van der Waals surface area contributed by atoms with Crippen molar-refractivity contribution in [3.05, 3.63) is 149 Å². The number of carbonyl (C=O) groups excluding carboxylic acids is 1. The van der Waals surface area contributed by atoms with Gasteiger partial charge in [0.15, 0.2) is 0 Å². The Kier molecular flexibility index (Phi) is 27.4. The number of carbonyl (C=O) groups is 1. The van der Waals surface area contributed by atoms with Gasteiger partial charge in [-0.05, 0) is 79.9 Å². The van der Waals surface area contributed by atoms with Crippen LogP contribution < -0.4 is 5.73 Å². The average molecular weight is 849 g/mol. The molecule has 0 unspecified atom stereocenters. The average Bonchev–Trinajstić information content (AvgIpc) is 3.16. The van der Waals surface area contributed by atoms with Crippen molar-refractivity contribution >= 4 is 5.78 Å². The predicted octanol–water partition coefficient (Wildman–Crippen LogP) is 7.23. The maximum Gasteiger partial charge on any atom is 1.00 e. The van der Waals surface area contributed by atoms with E-state index in [2.05, 4.69) is 41.9 Å². The summed E-state index contributed by atoms with van der Waals surface area (Å²) in [6.07, 6.45) is 11.6. The van der Waals surface area contributed by atoms with Crippen molar-refractivity contribution in [2.75, 3.05) is 6.54 Å². The summed E-state index contributed by atoms with van der Waals surface area (Å²) in [6, 6.07) is 27.8. The molecule has 55 heavy (non-hydrogen) atoms. The largest absolute Gasteiger partial charge is 1.00 e. The minimum Gasteiger partial charge on any atom is -0.507 e. The number of rotatable bonds is 20. The molecule has 1 aromatic carbocycles. The van der Waals surface area contributed by atoms with E-state index >= 15 is 0 Å². The fourth-order valence-corrected chi connectivity index (χ4v) is 5.97. The summed E-state index contributed by atoms with van der Waals surface area (Å²) in [5.74, 6) is 0.517. The molecular formula is C43H59Cu2N7O3+2. The Morgan fingerprint density at radius 1 is 0.600 bits per heavy atom. The molecule has 0 saturated carbocycles. The van der Waals surface area contributed by atoms with Gasteiger partial charge in [0.05, 0.1) is 22.8 Å². The number of hydrogen-bond donors (Lipinski definition) is 2. The standard InChI is InChI=1S/C40H47N7O2.C2H6.CH4.2Cu.H2O/c41-19-7-1-2-16-39(48)18-17-32-24-33(26-46(28-35-12-3-8-20-42-35)29-36-13-4-9-21-43-36)40(49)34(25-32)27-47(30-37-14-5-10-22-44-37)31-38-15-6-11-23-45-38;1-2;;;;/h3-6,8-15,20-25,49H,1-2,7,16-19,26-31,41H2;1-2H3;1H4;;;1H2/q;;;2*+1;. The molecule has 0 radical (unpaired) electrons. The van der Waals surface area contributed by atoms with E-state index in [0.29, 0.717) is 65.1 Å². The number of aromatic nitrogens is 4. The number of phenolic OH excluding ortho intramolecular Hbond substituents is 1. The molecule has 12 heteroatoms. The maximum absolute atomic E-state index is 12.9. The van der Waals surface area contributed by atoms with Crippen molar-refractivity contribution in [2.45, 2.75) is 99.1 Å². The van der Waals surface area contributed by atoms with Gasteiger partial charge in [0, 0.05) is 88.0 Å². The molecular weight excluding hydrogens is 790 g/mol. The normalized spacial score (nSPS) is 10.2.